The first-order chi connectivity index (χ1) is 20.7. The Labute approximate surface area is 244 Å². The maximum atomic E-state index is 7.42. The minimum absolute atomic E-state index is 0.634. The minimum atomic E-state index is 0.634. The van der Waals surface area contributed by atoms with Gasteiger partial charge in [0.1, 0.15) is 0 Å². The highest BCUT2D eigenvalue weighted by molar-refractivity contribution is 5.99. The van der Waals surface area contributed by atoms with Gasteiger partial charge in [-0.15, -0.1) is 0 Å². The lowest BCUT2D eigenvalue weighted by molar-refractivity contribution is 1.07. The normalized spacial score (nSPS) is 10.8. The minimum Gasteiger partial charge on any atom is -0.238 e. The second-order valence-corrected chi connectivity index (χ2v) is 10.0. The van der Waals surface area contributed by atoms with Crippen molar-refractivity contribution in [3.63, 3.8) is 0 Å². The molecule has 0 saturated heterocycles. The maximum absolute atomic E-state index is 7.42. The van der Waals surface area contributed by atoms with Crippen LogP contribution < -0.4 is 0 Å². The van der Waals surface area contributed by atoms with Crippen LogP contribution in [0.15, 0.2) is 146 Å². The van der Waals surface area contributed by atoms with Crippen LogP contribution in [0.4, 0.5) is 5.69 Å². The number of nitrogens with zero attached hydrogens (tertiary/aromatic N) is 4. The lowest BCUT2D eigenvalue weighted by Gasteiger charge is -2.11. The fraction of sp³-hybridized carbons (Fsp3) is 0. The SMILES string of the molecule is [C-]#[N+]c1cccc(-c2cccc3ccc(-c4ccc(-c5nc(-c6ccccc6)nc(-c6ccccc6)n5)cc4)cc23)c1. The van der Waals surface area contributed by atoms with Crippen molar-refractivity contribution >= 4 is 16.5 Å². The second kappa shape index (κ2) is 10.9. The third-order valence-electron chi connectivity index (χ3n) is 7.34. The molecule has 0 fully saturated rings. The van der Waals surface area contributed by atoms with Crippen molar-refractivity contribution in [3.8, 4) is 56.4 Å². The van der Waals surface area contributed by atoms with Gasteiger partial charge in [-0.2, -0.15) is 0 Å². The van der Waals surface area contributed by atoms with Crippen molar-refractivity contribution in [3.05, 3.63) is 157 Å². The summed E-state index contributed by atoms with van der Waals surface area (Å²) in [7, 11) is 0. The number of aromatic nitrogens is 3. The van der Waals surface area contributed by atoms with Crippen LogP contribution in [0, 0.1) is 6.57 Å². The van der Waals surface area contributed by atoms with Gasteiger partial charge < -0.3 is 0 Å². The van der Waals surface area contributed by atoms with Gasteiger partial charge in [0.2, 0.25) is 0 Å². The molecule has 1 heterocycles. The summed E-state index contributed by atoms with van der Waals surface area (Å²) in [6.07, 6.45) is 0. The molecule has 4 heteroatoms. The number of hydrogen-bond acceptors (Lipinski definition) is 3. The standard InChI is InChI=1S/C38H24N4/c1-39-33-16-8-15-32(24-33)34-17-9-14-27-20-23-31(25-35(27)34)26-18-21-30(22-19-26)38-41-36(28-10-4-2-5-11-28)40-37(42-38)29-12-6-3-7-13-29/h2-25H. The zero-order valence-corrected chi connectivity index (χ0v) is 22.6. The van der Waals surface area contributed by atoms with E-state index in [0.717, 1.165) is 49.7 Å². The molecule has 0 atom stereocenters. The average Bonchev–Trinajstić information content (AvgIpc) is 3.08. The average molecular weight is 537 g/mol. The van der Waals surface area contributed by atoms with Gasteiger partial charge in [-0.05, 0) is 45.2 Å². The Hall–Kier alpha value is -5.92. The molecule has 1 aromatic heterocycles. The molecule has 7 rings (SSSR count). The molecule has 0 aliphatic carbocycles. The highest BCUT2D eigenvalue weighted by Crippen LogP contribution is 2.34. The Morgan fingerprint density at radius 1 is 0.405 bits per heavy atom. The van der Waals surface area contributed by atoms with Crippen molar-refractivity contribution in [1.82, 2.24) is 15.0 Å². The van der Waals surface area contributed by atoms with Crippen LogP contribution >= 0.6 is 0 Å². The molecule has 0 unspecified atom stereocenters. The highest BCUT2D eigenvalue weighted by Gasteiger charge is 2.13. The molecular formula is C38H24N4. The number of benzene rings is 6. The van der Waals surface area contributed by atoms with Crippen molar-refractivity contribution in [2.24, 2.45) is 0 Å². The summed E-state index contributed by atoms with van der Waals surface area (Å²) in [5, 5.41) is 2.31. The molecule has 196 valence electrons. The maximum Gasteiger partial charge on any atom is 0.187 e. The summed E-state index contributed by atoms with van der Waals surface area (Å²) >= 11 is 0. The first kappa shape index (κ1) is 25.1. The van der Waals surface area contributed by atoms with E-state index in [0.29, 0.717) is 23.2 Å². The summed E-state index contributed by atoms with van der Waals surface area (Å²) in [4.78, 5) is 18.1. The number of fused-ring (bicyclic) bond motifs is 1. The predicted molar refractivity (Wildman–Crippen MR) is 171 cm³/mol. The van der Waals surface area contributed by atoms with E-state index < -0.39 is 0 Å². The summed E-state index contributed by atoms with van der Waals surface area (Å²) in [5.74, 6) is 1.93. The molecule has 4 nitrogen and oxygen atoms in total. The lowest BCUT2D eigenvalue weighted by atomic mass is 9.94. The Bertz CT molecular complexity index is 2020. The van der Waals surface area contributed by atoms with E-state index >= 15 is 0 Å². The van der Waals surface area contributed by atoms with Gasteiger partial charge in [0, 0.05) is 16.7 Å². The van der Waals surface area contributed by atoms with Crippen LogP contribution in [0.2, 0.25) is 0 Å². The van der Waals surface area contributed by atoms with Gasteiger partial charge in [0.15, 0.2) is 23.2 Å². The summed E-state index contributed by atoms with van der Waals surface area (Å²) < 4.78 is 0. The van der Waals surface area contributed by atoms with Crippen molar-refractivity contribution in [2.75, 3.05) is 0 Å². The quantitative estimate of drug-likeness (QED) is 0.206. The van der Waals surface area contributed by atoms with E-state index in [2.05, 4.69) is 71.6 Å². The molecule has 0 amide bonds. The van der Waals surface area contributed by atoms with Crippen LogP contribution in [0.5, 0.6) is 0 Å². The molecule has 0 aliphatic rings. The Morgan fingerprint density at radius 3 is 1.55 bits per heavy atom. The van der Waals surface area contributed by atoms with E-state index in [9.17, 15) is 0 Å². The molecule has 0 radical (unpaired) electrons. The molecule has 6 aromatic carbocycles. The highest BCUT2D eigenvalue weighted by atomic mass is 15.0. The van der Waals surface area contributed by atoms with Gasteiger partial charge in [0.25, 0.3) is 0 Å². The third kappa shape index (κ3) is 4.92. The summed E-state index contributed by atoms with van der Waals surface area (Å²) in [5.41, 5.74) is 7.84. The monoisotopic (exact) mass is 536 g/mol. The molecular weight excluding hydrogens is 512 g/mol. The largest absolute Gasteiger partial charge is 0.238 e. The summed E-state index contributed by atoms with van der Waals surface area (Å²) in [6.45, 7) is 7.42. The topological polar surface area (TPSA) is 43.0 Å². The molecule has 0 aliphatic heterocycles. The van der Waals surface area contributed by atoms with Crippen LogP contribution in [0.25, 0.3) is 72.0 Å². The van der Waals surface area contributed by atoms with Gasteiger partial charge in [-0.25, -0.2) is 19.8 Å². The van der Waals surface area contributed by atoms with Crippen LogP contribution in [0.3, 0.4) is 0 Å². The Kier molecular flexibility index (Phi) is 6.52. The molecule has 0 bridgehead atoms. The van der Waals surface area contributed by atoms with Crippen molar-refractivity contribution in [2.45, 2.75) is 0 Å². The third-order valence-corrected chi connectivity index (χ3v) is 7.34. The second-order valence-electron chi connectivity index (χ2n) is 10.0. The molecule has 0 spiro atoms. The zero-order valence-electron chi connectivity index (χ0n) is 22.6. The van der Waals surface area contributed by atoms with Gasteiger partial charge in [0.05, 0.1) is 6.57 Å². The first-order valence-electron chi connectivity index (χ1n) is 13.7. The van der Waals surface area contributed by atoms with Crippen LogP contribution in [-0.4, -0.2) is 15.0 Å². The van der Waals surface area contributed by atoms with Crippen LogP contribution in [-0.2, 0) is 0 Å². The smallest absolute Gasteiger partial charge is 0.187 e. The van der Waals surface area contributed by atoms with E-state index in [-0.39, 0.29) is 0 Å². The van der Waals surface area contributed by atoms with Crippen molar-refractivity contribution < 1.29 is 0 Å². The van der Waals surface area contributed by atoms with E-state index in [1.54, 1.807) is 0 Å². The zero-order chi connectivity index (χ0) is 28.3. The number of hydrogen-bond donors (Lipinski definition) is 0. The Balaban J connectivity index is 1.28. The fourth-order valence-corrected chi connectivity index (χ4v) is 5.20. The van der Waals surface area contributed by atoms with E-state index in [1.165, 1.54) is 0 Å². The molecule has 0 N–H and O–H groups in total. The fourth-order valence-electron chi connectivity index (χ4n) is 5.20. The van der Waals surface area contributed by atoms with Gasteiger partial charge >= 0.3 is 0 Å². The number of rotatable bonds is 5. The molecule has 42 heavy (non-hydrogen) atoms. The predicted octanol–water partition coefficient (Wildman–Crippen LogP) is 9.91. The molecule has 0 saturated carbocycles. The lowest BCUT2D eigenvalue weighted by Crippen LogP contribution is -2.00. The molecule has 7 aromatic rings. The van der Waals surface area contributed by atoms with Crippen LogP contribution in [0.1, 0.15) is 0 Å². The van der Waals surface area contributed by atoms with Crippen molar-refractivity contribution in [1.29, 1.82) is 0 Å². The van der Waals surface area contributed by atoms with E-state index in [1.807, 2.05) is 78.9 Å². The van der Waals surface area contributed by atoms with Gasteiger partial charge in [-0.3, -0.25) is 0 Å². The van der Waals surface area contributed by atoms with E-state index in [4.69, 9.17) is 21.5 Å². The summed E-state index contributed by atoms with van der Waals surface area (Å²) in [6, 6.07) is 49.0. The van der Waals surface area contributed by atoms with Gasteiger partial charge in [-0.1, -0.05) is 133 Å². The Morgan fingerprint density at radius 2 is 0.929 bits per heavy atom. The first-order valence-corrected chi connectivity index (χ1v) is 13.7.